The first kappa shape index (κ1) is 17.2. The number of carbonyl (C=O) groups excluding carboxylic acids is 1. The molecule has 0 aliphatic heterocycles. The van der Waals surface area contributed by atoms with Gasteiger partial charge in [0.05, 0.1) is 23.2 Å². The predicted molar refractivity (Wildman–Crippen MR) is 103 cm³/mol. The highest BCUT2D eigenvalue weighted by molar-refractivity contribution is 7.16. The van der Waals surface area contributed by atoms with Crippen molar-refractivity contribution in [3.8, 4) is 12.3 Å². The van der Waals surface area contributed by atoms with Gasteiger partial charge in [0.1, 0.15) is 0 Å². The number of terminal acetylenes is 1. The van der Waals surface area contributed by atoms with E-state index in [1.807, 2.05) is 41.0 Å². The van der Waals surface area contributed by atoms with Crippen molar-refractivity contribution in [3.05, 3.63) is 64.5 Å². The maximum atomic E-state index is 12.4. The molecule has 126 valence electrons. The van der Waals surface area contributed by atoms with Crippen LogP contribution in [0.1, 0.15) is 30.9 Å². The van der Waals surface area contributed by atoms with E-state index in [4.69, 9.17) is 6.42 Å². The van der Waals surface area contributed by atoms with E-state index in [1.165, 1.54) is 16.9 Å². The number of amides is 1. The molecule has 3 rings (SSSR count). The normalized spacial score (nSPS) is 11.8. The maximum Gasteiger partial charge on any atom is 0.252 e. The SMILES string of the molecule is C#CCn1c(=NC(=O)Cc2ccc(C(C)C)cc2)sc2ccccc21. The van der Waals surface area contributed by atoms with Gasteiger partial charge in [0.2, 0.25) is 0 Å². The lowest BCUT2D eigenvalue weighted by Crippen LogP contribution is -2.17. The molecule has 3 nitrogen and oxygen atoms in total. The van der Waals surface area contributed by atoms with Crippen molar-refractivity contribution in [1.82, 2.24) is 4.57 Å². The summed E-state index contributed by atoms with van der Waals surface area (Å²) >= 11 is 1.49. The molecule has 0 spiro atoms. The summed E-state index contributed by atoms with van der Waals surface area (Å²) in [5.74, 6) is 2.97. The lowest BCUT2D eigenvalue weighted by Gasteiger charge is -2.05. The van der Waals surface area contributed by atoms with Crippen molar-refractivity contribution in [2.45, 2.75) is 32.7 Å². The molecule has 0 bridgehead atoms. The quantitative estimate of drug-likeness (QED) is 0.653. The Bertz CT molecular complexity index is 1000. The third-order valence-corrected chi connectivity index (χ3v) is 5.12. The topological polar surface area (TPSA) is 34.4 Å². The van der Waals surface area contributed by atoms with Gasteiger partial charge in [-0.2, -0.15) is 4.99 Å². The van der Waals surface area contributed by atoms with Crippen molar-refractivity contribution in [2.24, 2.45) is 4.99 Å². The van der Waals surface area contributed by atoms with E-state index in [0.717, 1.165) is 15.8 Å². The molecule has 1 amide bonds. The van der Waals surface area contributed by atoms with Gasteiger partial charge in [0.25, 0.3) is 5.91 Å². The van der Waals surface area contributed by atoms with E-state index in [9.17, 15) is 4.79 Å². The average molecular weight is 348 g/mol. The highest BCUT2D eigenvalue weighted by Crippen LogP contribution is 2.17. The van der Waals surface area contributed by atoms with E-state index in [2.05, 4.69) is 36.9 Å². The average Bonchev–Trinajstić information content (AvgIpc) is 2.93. The van der Waals surface area contributed by atoms with Crippen molar-refractivity contribution < 1.29 is 4.79 Å². The minimum atomic E-state index is -0.158. The number of carbonyl (C=O) groups is 1. The summed E-state index contributed by atoms with van der Waals surface area (Å²) in [6, 6.07) is 16.1. The van der Waals surface area contributed by atoms with Crippen molar-refractivity contribution in [3.63, 3.8) is 0 Å². The van der Waals surface area contributed by atoms with Gasteiger partial charge in [0, 0.05) is 0 Å². The lowest BCUT2D eigenvalue weighted by atomic mass is 10.0. The number of hydrogen-bond donors (Lipinski definition) is 0. The van der Waals surface area contributed by atoms with Gasteiger partial charge in [0.15, 0.2) is 4.80 Å². The van der Waals surface area contributed by atoms with E-state index in [0.29, 0.717) is 23.7 Å². The summed E-state index contributed by atoms with van der Waals surface area (Å²) in [7, 11) is 0. The third kappa shape index (κ3) is 3.89. The Morgan fingerprint density at radius 2 is 1.92 bits per heavy atom. The van der Waals surface area contributed by atoms with Crippen LogP contribution >= 0.6 is 11.3 Å². The molecular weight excluding hydrogens is 328 g/mol. The van der Waals surface area contributed by atoms with E-state index in [-0.39, 0.29) is 5.91 Å². The summed E-state index contributed by atoms with van der Waals surface area (Å²) < 4.78 is 2.99. The third-order valence-electron chi connectivity index (χ3n) is 4.06. The molecule has 0 saturated heterocycles. The van der Waals surface area contributed by atoms with Crippen LogP contribution in [0.5, 0.6) is 0 Å². The Labute approximate surface area is 151 Å². The zero-order valence-electron chi connectivity index (χ0n) is 14.4. The summed E-state index contributed by atoms with van der Waals surface area (Å²) in [6.07, 6.45) is 5.77. The molecule has 1 heterocycles. The van der Waals surface area contributed by atoms with Crippen LogP contribution in [-0.2, 0) is 17.8 Å². The van der Waals surface area contributed by atoms with E-state index in [1.54, 1.807) is 0 Å². The van der Waals surface area contributed by atoms with Crippen LogP contribution in [0.25, 0.3) is 10.2 Å². The molecule has 4 heteroatoms. The Hall–Kier alpha value is -2.64. The van der Waals surface area contributed by atoms with Crippen molar-refractivity contribution in [1.29, 1.82) is 0 Å². The zero-order valence-corrected chi connectivity index (χ0v) is 15.2. The highest BCUT2D eigenvalue weighted by atomic mass is 32.1. The van der Waals surface area contributed by atoms with Crippen LogP contribution in [0.3, 0.4) is 0 Å². The number of aromatic nitrogens is 1. The molecule has 0 aliphatic rings. The standard InChI is InChI=1S/C21H20N2OS/c1-4-13-23-18-7-5-6-8-19(18)25-21(23)22-20(24)14-16-9-11-17(12-10-16)15(2)3/h1,5-12,15H,13-14H2,2-3H3. The highest BCUT2D eigenvalue weighted by Gasteiger charge is 2.08. The monoisotopic (exact) mass is 348 g/mol. The molecule has 0 saturated carbocycles. The Morgan fingerprint density at radius 3 is 2.60 bits per heavy atom. The zero-order chi connectivity index (χ0) is 17.8. The fourth-order valence-electron chi connectivity index (χ4n) is 2.69. The van der Waals surface area contributed by atoms with Gasteiger partial charge in [-0.15, -0.1) is 6.42 Å². The number of nitrogens with zero attached hydrogens (tertiary/aromatic N) is 2. The molecule has 0 fully saturated rings. The largest absolute Gasteiger partial charge is 0.305 e. The predicted octanol–water partition coefficient (Wildman–Crippen LogP) is 4.13. The minimum absolute atomic E-state index is 0.158. The van der Waals surface area contributed by atoms with E-state index < -0.39 is 0 Å². The van der Waals surface area contributed by atoms with Crippen LogP contribution in [-0.4, -0.2) is 10.5 Å². The summed E-state index contributed by atoms with van der Waals surface area (Å²) in [4.78, 5) is 17.4. The molecule has 3 aromatic rings. The molecule has 0 atom stereocenters. The molecule has 25 heavy (non-hydrogen) atoms. The van der Waals surface area contributed by atoms with Crippen LogP contribution in [0, 0.1) is 12.3 Å². The van der Waals surface area contributed by atoms with Gasteiger partial charge in [-0.25, -0.2) is 0 Å². The molecule has 2 aromatic carbocycles. The number of benzene rings is 2. The first-order valence-corrected chi connectivity index (χ1v) is 9.08. The van der Waals surface area contributed by atoms with E-state index >= 15 is 0 Å². The minimum Gasteiger partial charge on any atom is -0.305 e. The lowest BCUT2D eigenvalue weighted by molar-refractivity contribution is -0.117. The number of rotatable bonds is 4. The van der Waals surface area contributed by atoms with Gasteiger partial charge in [-0.05, 0) is 29.2 Å². The van der Waals surface area contributed by atoms with Crippen molar-refractivity contribution in [2.75, 3.05) is 0 Å². The van der Waals surface area contributed by atoms with Gasteiger partial charge < -0.3 is 4.57 Å². The van der Waals surface area contributed by atoms with Crippen LogP contribution in [0.2, 0.25) is 0 Å². The summed E-state index contributed by atoms with van der Waals surface area (Å²) in [6.45, 7) is 4.71. The molecular formula is C21H20N2OS. The first-order valence-electron chi connectivity index (χ1n) is 8.26. The van der Waals surface area contributed by atoms with Gasteiger partial charge in [-0.1, -0.05) is 67.5 Å². The first-order chi connectivity index (χ1) is 12.1. The number of thiazole rings is 1. The van der Waals surface area contributed by atoms with Crippen LogP contribution in [0.4, 0.5) is 0 Å². The van der Waals surface area contributed by atoms with Gasteiger partial charge >= 0.3 is 0 Å². The smallest absolute Gasteiger partial charge is 0.252 e. The summed E-state index contributed by atoms with van der Waals surface area (Å²) in [5, 5.41) is 0. The maximum absolute atomic E-state index is 12.4. The number of fused-ring (bicyclic) bond motifs is 1. The second kappa shape index (κ2) is 7.50. The van der Waals surface area contributed by atoms with Crippen LogP contribution in [0.15, 0.2) is 53.5 Å². The van der Waals surface area contributed by atoms with Crippen LogP contribution < -0.4 is 4.80 Å². The Kier molecular flexibility index (Phi) is 5.16. The molecule has 0 unspecified atom stereocenters. The number of hydrogen-bond acceptors (Lipinski definition) is 2. The van der Waals surface area contributed by atoms with Gasteiger partial charge in [-0.3, -0.25) is 4.79 Å². The molecule has 0 N–H and O–H groups in total. The molecule has 0 aliphatic carbocycles. The second-order valence-electron chi connectivity index (χ2n) is 6.22. The fourth-order valence-corrected chi connectivity index (χ4v) is 3.74. The number of para-hydroxylation sites is 1. The second-order valence-corrected chi connectivity index (χ2v) is 7.23. The molecule has 1 aromatic heterocycles. The van der Waals surface area contributed by atoms with Crippen molar-refractivity contribution >= 4 is 27.5 Å². The fraction of sp³-hybridized carbons (Fsp3) is 0.238. The Morgan fingerprint density at radius 1 is 1.20 bits per heavy atom. The summed E-state index contributed by atoms with van der Waals surface area (Å²) in [5.41, 5.74) is 3.26. The Balaban J connectivity index is 1.89. The molecule has 0 radical (unpaired) electrons.